The lowest BCUT2D eigenvalue weighted by Crippen LogP contribution is -2.51. The molecular formula is C26H33NO5. The molecule has 172 valence electrons. The molecule has 1 saturated heterocycles. The van der Waals surface area contributed by atoms with Crippen molar-refractivity contribution in [1.82, 2.24) is 4.90 Å². The molecule has 0 spiro atoms. The number of ether oxygens (including phenoxy) is 1. The zero-order valence-corrected chi connectivity index (χ0v) is 19.2. The number of carbonyl (C=O) groups is 2. The van der Waals surface area contributed by atoms with E-state index in [1.165, 1.54) is 24.8 Å². The summed E-state index contributed by atoms with van der Waals surface area (Å²) in [6.07, 6.45) is 2.06. The van der Waals surface area contributed by atoms with Gasteiger partial charge in [-0.3, -0.25) is 4.79 Å². The number of likely N-dealkylation sites (tertiary alicyclic amines) is 1. The Bertz CT molecular complexity index is 953. The van der Waals surface area contributed by atoms with Gasteiger partial charge in [-0.15, -0.1) is 0 Å². The summed E-state index contributed by atoms with van der Waals surface area (Å²) in [5, 5.41) is 19.4. The first-order valence-corrected chi connectivity index (χ1v) is 11.2. The second-order valence-electron chi connectivity index (χ2n) is 9.10. The Balaban J connectivity index is 1.77. The van der Waals surface area contributed by atoms with Gasteiger partial charge in [0, 0.05) is 6.54 Å². The van der Waals surface area contributed by atoms with Crippen molar-refractivity contribution in [3.05, 3.63) is 59.2 Å². The monoisotopic (exact) mass is 439 g/mol. The van der Waals surface area contributed by atoms with Crippen LogP contribution in [0.4, 0.5) is 0 Å². The zero-order chi connectivity index (χ0) is 23.4. The zero-order valence-electron chi connectivity index (χ0n) is 19.2. The van der Waals surface area contributed by atoms with E-state index in [0.717, 1.165) is 17.5 Å². The van der Waals surface area contributed by atoms with Gasteiger partial charge in [-0.05, 0) is 66.8 Å². The fourth-order valence-electron chi connectivity index (χ4n) is 4.49. The van der Waals surface area contributed by atoms with Gasteiger partial charge in [0.1, 0.15) is 6.04 Å². The van der Waals surface area contributed by atoms with Crippen LogP contribution in [0, 0.1) is 5.92 Å². The largest absolute Gasteiger partial charge is 0.504 e. The van der Waals surface area contributed by atoms with Crippen molar-refractivity contribution in [3.8, 4) is 11.5 Å². The summed E-state index contributed by atoms with van der Waals surface area (Å²) < 4.78 is 5.01. The second kappa shape index (κ2) is 10.1. The SMILES string of the molecule is COC(=O)C1CC(c2ccc(O)c(O)c2)CCN1C(=O)C(C)c1ccc(CC(C)C)cc1. The first-order chi connectivity index (χ1) is 15.2. The highest BCUT2D eigenvalue weighted by Crippen LogP contribution is 2.37. The number of piperidine rings is 1. The van der Waals surface area contributed by atoms with Crippen molar-refractivity contribution < 1.29 is 24.5 Å². The Morgan fingerprint density at radius 1 is 1.06 bits per heavy atom. The van der Waals surface area contributed by atoms with Crippen molar-refractivity contribution in [1.29, 1.82) is 0 Å². The second-order valence-corrected chi connectivity index (χ2v) is 9.10. The van der Waals surface area contributed by atoms with E-state index in [-0.39, 0.29) is 29.2 Å². The minimum absolute atomic E-state index is 0.0275. The third-order valence-corrected chi connectivity index (χ3v) is 6.32. The topological polar surface area (TPSA) is 87.1 Å². The molecule has 3 rings (SSSR count). The van der Waals surface area contributed by atoms with Gasteiger partial charge in [0.2, 0.25) is 5.91 Å². The van der Waals surface area contributed by atoms with Gasteiger partial charge in [-0.1, -0.05) is 44.2 Å². The molecule has 2 aromatic rings. The maximum atomic E-state index is 13.4. The molecule has 0 aromatic heterocycles. The fourth-order valence-corrected chi connectivity index (χ4v) is 4.49. The van der Waals surface area contributed by atoms with Crippen molar-refractivity contribution >= 4 is 11.9 Å². The van der Waals surface area contributed by atoms with Crippen molar-refractivity contribution in [2.75, 3.05) is 13.7 Å². The molecule has 3 atom stereocenters. The molecule has 0 radical (unpaired) electrons. The van der Waals surface area contributed by atoms with Crippen LogP contribution < -0.4 is 0 Å². The highest BCUT2D eigenvalue weighted by molar-refractivity contribution is 5.88. The van der Waals surface area contributed by atoms with Crippen LogP contribution in [0.5, 0.6) is 11.5 Å². The van der Waals surface area contributed by atoms with Crippen LogP contribution in [0.25, 0.3) is 0 Å². The number of aromatic hydroxyl groups is 2. The molecule has 1 fully saturated rings. The number of benzene rings is 2. The average Bonchev–Trinajstić information content (AvgIpc) is 2.79. The van der Waals surface area contributed by atoms with Gasteiger partial charge < -0.3 is 19.8 Å². The van der Waals surface area contributed by atoms with Crippen LogP contribution in [-0.4, -0.2) is 46.7 Å². The first-order valence-electron chi connectivity index (χ1n) is 11.2. The molecule has 2 aromatic carbocycles. The molecule has 1 aliphatic heterocycles. The predicted octanol–water partition coefficient (Wildman–Crippen LogP) is 4.35. The van der Waals surface area contributed by atoms with Crippen LogP contribution in [-0.2, 0) is 20.7 Å². The minimum atomic E-state index is -0.690. The Hall–Kier alpha value is -3.02. The molecule has 3 unspecified atom stereocenters. The van der Waals surface area contributed by atoms with Gasteiger partial charge in [0.05, 0.1) is 13.0 Å². The number of rotatable bonds is 6. The maximum Gasteiger partial charge on any atom is 0.328 e. The van der Waals surface area contributed by atoms with Crippen LogP contribution in [0.3, 0.4) is 0 Å². The third-order valence-electron chi connectivity index (χ3n) is 6.32. The van der Waals surface area contributed by atoms with E-state index in [2.05, 4.69) is 26.0 Å². The number of hydrogen-bond donors (Lipinski definition) is 2. The van der Waals surface area contributed by atoms with Gasteiger partial charge in [-0.25, -0.2) is 4.79 Å². The summed E-state index contributed by atoms with van der Waals surface area (Å²) in [5.74, 6) is -0.735. The normalized spacial score (nSPS) is 19.6. The summed E-state index contributed by atoms with van der Waals surface area (Å²) in [6, 6.07) is 12.2. The number of carbonyl (C=O) groups excluding carboxylic acids is 2. The lowest BCUT2D eigenvalue weighted by molar-refractivity contribution is -0.155. The van der Waals surface area contributed by atoms with E-state index >= 15 is 0 Å². The molecule has 32 heavy (non-hydrogen) atoms. The van der Waals surface area contributed by atoms with Crippen LogP contribution in [0.15, 0.2) is 42.5 Å². The highest BCUT2D eigenvalue weighted by atomic mass is 16.5. The first kappa shape index (κ1) is 23.6. The average molecular weight is 440 g/mol. The summed E-state index contributed by atoms with van der Waals surface area (Å²) in [6.45, 7) is 6.64. The quantitative estimate of drug-likeness (QED) is 0.516. The molecule has 6 nitrogen and oxygen atoms in total. The highest BCUT2D eigenvalue weighted by Gasteiger charge is 2.39. The lowest BCUT2D eigenvalue weighted by Gasteiger charge is -2.39. The smallest absolute Gasteiger partial charge is 0.328 e. The molecular weight excluding hydrogens is 406 g/mol. The molecule has 1 heterocycles. The summed E-state index contributed by atoms with van der Waals surface area (Å²) in [4.78, 5) is 27.6. The van der Waals surface area contributed by atoms with Crippen LogP contribution in [0.2, 0.25) is 0 Å². The number of nitrogens with zero attached hydrogens (tertiary/aromatic N) is 1. The Kier molecular flexibility index (Phi) is 7.44. The standard InChI is InChI=1S/C26H33NO5/c1-16(2)13-18-5-7-19(8-6-18)17(3)25(30)27-12-11-21(14-22(27)26(31)32-4)20-9-10-23(28)24(29)15-20/h5-10,15-17,21-22,28-29H,11-14H2,1-4H3. The molecule has 0 bridgehead atoms. The van der Waals surface area contributed by atoms with Crippen molar-refractivity contribution in [2.45, 2.75) is 57.9 Å². The maximum absolute atomic E-state index is 13.4. The van der Waals surface area contributed by atoms with Crippen LogP contribution >= 0.6 is 0 Å². The van der Waals surface area contributed by atoms with Crippen LogP contribution in [0.1, 0.15) is 62.1 Å². The van der Waals surface area contributed by atoms with E-state index in [9.17, 15) is 19.8 Å². The Morgan fingerprint density at radius 2 is 1.75 bits per heavy atom. The lowest BCUT2D eigenvalue weighted by atomic mass is 9.84. The number of esters is 1. The molecule has 1 aliphatic rings. The number of methoxy groups -OCH3 is 1. The number of amides is 1. The van der Waals surface area contributed by atoms with E-state index in [0.29, 0.717) is 25.3 Å². The van der Waals surface area contributed by atoms with Crippen molar-refractivity contribution in [2.24, 2.45) is 5.92 Å². The summed E-state index contributed by atoms with van der Waals surface area (Å²) in [5.41, 5.74) is 3.00. The van der Waals surface area contributed by atoms with E-state index in [1.54, 1.807) is 11.0 Å². The van der Waals surface area contributed by atoms with Gasteiger partial charge in [0.15, 0.2) is 11.5 Å². The Morgan fingerprint density at radius 3 is 2.34 bits per heavy atom. The van der Waals surface area contributed by atoms with E-state index in [4.69, 9.17) is 4.74 Å². The summed E-state index contributed by atoms with van der Waals surface area (Å²) in [7, 11) is 1.33. The molecule has 6 heteroatoms. The van der Waals surface area contributed by atoms with Gasteiger partial charge in [0.25, 0.3) is 0 Å². The van der Waals surface area contributed by atoms with Gasteiger partial charge >= 0.3 is 5.97 Å². The third kappa shape index (κ3) is 5.23. The Labute approximate surface area is 189 Å². The number of hydrogen-bond acceptors (Lipinski definition) is 5. The molecule has 0 saturated carbocycles. The van der Waals surface area contributed by atoms with E-state index in [1.807, 2.05) is 19.1 Å². The molecule has 0 aliphatic carbocycles. The molecule has 1 amide bonds. The molecule has 2 N–H and O–H groups in total. The predicted molar refractivity (Wildman–Crippen MR) is 123 cm³/mol. The van der Waals surface area contributed by atoms with Crippen molar-refractivity contribution in [3.63, 3.8) is 0 Å². The number of phenolic OH excluding ortho intramolecular Hbond substituents is 2. The minimum Gasteiger partial charge on any atom is -0.504 e. The fraction of sp³-hybridized carbons (Fsp3) is 0.462. The summed E-state index contributed by atoms with van der Waals surface area (Å²) >= 11 is 0. The van der Waals surface area contributed by atoms with E-state index < -0.39 is 12.0 Å². The van der Waals surface area contributed by atoms with Gasteiger partial charge in [-0.2, -0.15) is 0 Å². The number of phenols is 2.